The summed E-state index contributed by atoms with van der Waals surface area (Å²) >= 11 is 2.03. The first-order valence-corrected chi connectivity index (χ1v) is 3.49. The van der Waals surface area contributed by atoms with E-state index < -0.39 is 0 Å². The van der Waals surface area contributed by atoms with Gasteiger partial charge in [-0.3, -0.25) is 5.01 Å². The summed E-state index contributed by atoms with van der Waals surface area (Å²) in [5.41, 5.74) is 5.48. The van der Waals surface area contributed by atoms with Crippen molar-refractivity contribution in [2.45, 2.75) is 0 Å². The van der Waals surface area contributed by atoms with Gasteiger partial charge in [0.05, 0.1) is 6.54 Å². The molecule has 0 unspecified atom stereocenters. The van der Waals surface area contributed by atoms with E-state index in [0.717, 1.165) is 3.70 Å². The first-order valence-electron chi connectivity index (χ1n) is 2.42. The van der Waals surface area contributed by atoms with Crippen LogP contribution in [0, 0.1) is 0 Å². The average molecular weight is 238 g/mol. The molecule has 1 rings (SSSR count). The van der Waals surface area contributed by atoms with Crippen molar-refractivity contribution in [2.75, 3.05) is 6.54 Å². The van der Waals surface area contributed by atoms with Gasteiger partial charge in [-0.25, -0.2) is 10.8 Å². The van der Waals surface area contributed by atoms with E-state index >= 15 is 0 Å². The minimum absolute atomic E-state index is 0.540. The zero-order valence-electron chi connectivity index (χ0n) is 4.71. The highest BCUT2D eigenvalue weighted by Crippen LogP contribution is 2.13. The predicted octanol–water partition coefficient (Wildman–Crippen LogP) is -0.233. The lowest BCUT2D eigenvalue weighted by Crippen LogP contribution is -2.37. The maximum Gasteiger partial charge on any atom is 0.146 e. The third-order valence-electron chi connectivity index (χ3n) is 1.00. The molecular formula is C4H7IN4. The van der Waals surface area contributed by atoms with E-state index in [0.29, 0.717) is 12.4 Å². The molecule has 1 aliphatic rings. The molecule has 0 amide bonds. The molecule has 0 aromatic rings. The molecule has 50 valence electrons. The standard InChI is InChI=1S/C4H7IN4/c5-3-4(6)9(7)2-1-8-3/h1H,2,6-7H2. The summed E-state index contributed by atoms with van der Waals surface area (Å²) in [6, 6.07) is 0. The molecule has 0 atom stereocenters. The number of rotatable bonds is 0. The van der Waals surface area contributed by atoms with Crippen molar-refractivity contribution in [3.05, 3.63) is 9.52 Å². The SMILES string of the molecule is NC1=C(I)N=CCN1N. The van der Waals surface area contributed by atoms with Crippen molar-refractivity contribution in [1.82, 2.24) is 5.01 Å². The van der Waals surface area contributed by atoms with Crippen molar-refractivity contribution in [1.29, 1.82) is 0 Å². The lowest BCUT2D eigenvalue weighted by molar-refractivity contribution is 0.401. The van der Waals surface area contributed by atoms with Crippen molar-refractivity contribution in [3.63, 3.8) is 0 Å². The molecule has 0 spiro atoms. The van der Waals surface area contributed by atoms with E-state index in [1.165, 1.54) is 5.01 Å². The Kier molecular flexibility index (Phi) is 1.91. The highest BCUT2D eigenvalue weighted by Gasteiger charge is 2.07. The van der Waals surface area contributed by atoms with Gasteiger partial charge in [-0.2, -0.15) is 0 Å². The van der Waals surface area contributed by atoms with Crippen LogP contribution < -0.4 is 11.6 Å². The van der Waals surface area contributed by atoms with E-state index in [9.17, 15) is 0 Å². The van der Waals surface area contributed by atoms with Crippen LogP contribution in [0.4, 0.5) is 0 Å². The van der Waals surface area contributed by atoms with Crippen molar-refractivity contribution in [2.24, 2.45) is 16.6 Å². The average Bonchev–Trinajstić information content (AvgIpc) is 1.83. The maximum absolute atomic E-state index is 5.48. The van der Waals surface area contributed by atoms with Gasteiger partial charge in [0.1, 0.15) is 9.52 Å². The number of hydrazine groups is 1. The van der Waals surface area contributed by atoms with Gasteiger partial charge in [0.25, 0.3) is 0 Å². The Hall–Kier alpha value is -0.300. The molecule has 0 aromatic heterocycles. The minimum Gasteiger partial charge on any atom is -0.382 e. The molecule has 1 aliphatic heterocycles. The topological polar surface area (TPSA) is 67.6 Å². The van der Waals surface area contributed by atoms with Crippen LogP contribution in [0.25, 0.3) is 0 Å². The number of hydrogen-bond donors (Lipinski definition) is 2. The van der Waals surface area contributed by atoms with Gasteiger partial charge < -0.3 is 5.73 Å². The first kappa shape index (κ1) is 6.81. The third kappa shape index (κ3) is 1.33. The Morgan fingerprint density at radius 3 is 2.89 bits per heavy atom. The number of nitrogens with zero attached hydrogens (tertiary/aromatic N) is 2. The molecule has 0 radical (unpaired) electrons. The predicted molar refractivity (Wildman–Crippen MR) is 44.6 cm³/mol. The van der Waals surface area contributed by atoms with Gasteiger partial charge in [0, 0.05) is 6.21 Å². The Labute approximate surface area is 66.7 Å². The number of nitrogens with two attached hydrogens (primary N) is 2. The normalized spacial score (nSPS) is 19.1. The van der Waals surface area contributed by atoms with E-state index in [2.05, 4.69) is 4.99 Å². The molecule has 4 N–H and O–H groups in total. The Morgan fingerprint density at radius 2 is 2.44 bits per heavy atom. The van der Waals surface area contributed by atoms with Gasteiger partial charge in [-0.05, 0) is 22.6 Å². The van der Waals surface area contributed by atoms with Crippen molar-refractivity contribution >= 4 is 28.8 Å². The van der Waals surface area contributed by atoms with E-state index in [1.807, 2.05) is 22.6 Å². The molecule has 0 aromatic carbocycles. The number of aliphatic imine (C=N–C) groups is 1. The molecule has 0 saturated heterocycles. The quantitative estimate of drug-likeness (QED) is 0.348. The lowest BCUT2D eigenvalue weighted by atomic mass is 10.5. The van der Waals surface area contributed by atoms with Gasteiger partial charge in [0.2, 0.25) is 0 Å². The zero-order chi connectivity index (χ0) is 6.85. The fourth-order valence-electron chi connectivity index (χ4n) is 0.492. The molecule has 0 fully saturated rings. The third-order valence-corrected chi connectivity index (χ3v) is 1.83. The Morgan fingerprint density at radius 1 is 1.78 bits per heavy atom. The molecule has 9 heavy (non-hydrogen) atoms. The largest absolute Gasteiger partial charge is 0.382 e. The summed E-state index contributed by atoms with van der Waals surface area (Å²) in [6.07, 6.45) is 1.72. The second-order valence-corrected chi connectivity index (χ2v) is 2.66. The van der Waals surface area contributed by atoms with E-state index in [4.69, 9.17) is 11.6 Å². The summed E-state index contributed by atoms with van der Waals surface area (Å²) in [6.45, 7) is 0.596. The zero-order valence-corrected chi connectivity index (χ0v) is 6.87. The van der Waals surface area contributed by atoms with E-state index in [-0.39, 0.29) is 0 Å². The van der Waals surface area contributed by atoms with Crippen LogP contribution in [0.3, 0.4) is 0 Å². The van der Waals surface area contributed by atoms with Gasteiger partial charge in [-0.15, -0.1) is 0 Å². The van der Waals surface area contributed by atoms with Crippen molar-refractivity contribution < 1.29 is 0 Å². The fourth-order valence-corrected chi connectivity index (χ4v) is 0.999. The molecule has 0 aliphatic carbocycles. The molecule has 5 heteroatoms. The highest BCUT2D eigenvalue weighted by atomic mass is 127. The van der Waals surface area contributed by atoms with Crippen LogP contribution in [0.15, 0.2) is 14.5 Å². The molecule has 0 bridgehead atoms. The van der Waals surface area contributed by atoms with Gasteiger partial charge in [0.15, 0.2) is 0 Å². The van der Waals surface area contributed by atoms with Crippen LogP contribution in [0.1, 0.15) is 0 Å². The number of halogens is 1. The molecule has 0 saturated carbocycles. The summed E-state index contributed by atoms with van der Waals surface area (Å²) < 4.78 is 0.751. The first-order chi connectivity index (χ1) is 4.22. The highest BCUT2D eigenvalue weighted by molar-refractivity contribution is 14.1. The van der Waals surface area contributed by atoms with Gasteiger partial charge >= 0.3 is 0 Å². The van der Waals surface area contributed by atoms with Crippen LogP contribution in [0.5, 0.6) is 0 Å². The number of hydrogen-bond acceptors (Lipinski definition) is 4. The molecule has 1 heterocycles. The Balaban J connectivity index is 2.83. The van der Waals surface area contributed by atoms with Gasteiger partial charge in [-0.1, -0.05) is 0 Å². The summed E-state index contributed by atoms with van der Waals surface area (Å²) in [7, 11) is 0. The summed E-state index contributed by atoms with van der Waals surface area (Å²) in [4.78, 5) is 3.96. The lowest BCUT2D eigenvalue weighted by Gasteiger charge is -2.19. The van der Waals surface area contributed by atoms with Crippen molar-refractivity contribution in [3.8, 4) is 0 Å². The van der Waals surface area contributed by atoms with Crippen LogP contribution >= 0.6 is 22.6 Å². The monoisotopic (exact) mass is 238 g/mol. The maximum atomic E-state index is 5.48. The van der Waals surface area contributed by atoms with E-state index in [1.54, 1.807) is 6.21 Å². The minimum atomic E-state index is 0.540. The second kappa shape index (κ2) is 2.53. The smallest absolute Gasteiger partial charge is 0.146 e. The fraction of sp³-hybridized carbons (Fsp3) is 0.250. The molecular weight excluding hydrogens is 231 g/mol. The van der Waals surface area contributed by atoms with Crippen LogP contribution in [-0.4, -0.2) is 17.8 Å². The summed E-state index contributed by atoms with van der Waals surface area (Å²) in [5, 5.41) is 1.45. The Bertz CT molecular complexity index is 173. The summed E-state index contributed by atoms with van der Waals surface area (Å²) in [5.74, 6) is 5.96. The van der Waals surface area contributed by atoms with Crippen LogP contribution in [-0.2, 0) is 0 Å². The second-order valence-electron chi connectivity index (χ2n) is 1.64. The molecule has 4 nitrogen and oxygen atoms in total. The van der Waals surface area contributed by atoms with Crippen LogP contribution in [0.2, 0.25) is 0 Å².